The van der Waals surface area contributed by atoms with Gasteiger partial charge in [0.15, 0.2) is 5.65 Å². The quantitative estimate of drug-likeness (QED) is 0.355. The molecule has 0 spiro atoms. The zero-order valence-corrected chi connectivity index (χ0v) is 19.8. The van der Waals surface area contributed by atoms with Gasteiger partial charge in [-0.1, -0.05) is 0 Å². The molecule has 3 aromatic heterocycles. The minimum atomic E-state index is 0. The van der Waals surface area contributed by atoms with Crippen molar-refractivity contribution in [2.75, 3.05) is 18.4 Å². The SMILES string of the molecule is Cc1cc(Nc2ncnc3ccc(O[C@@H]4CCNC4)cc23)ccc1Oc1ccn2ncnc2c1.Cl. The highest BCUT2D eigenvalue weighted by atomic mass is 35.5. The van der Waals surface area contributed by atoms with Crippen molar-refractivity contribution in [2.24, 2.45) is 0 Å². The molecule has 1 atom stereocenters. The lowest BCUT2D eigenvalue weighted by atomic mass is 10.2. The molecule has 2 N–H and O–H groups in total. The van der Waals surface area contributed by atoms with E-state index in [9.17, 15) is 0 Å². The van der Waals surface area contributed by atoms with Gasteiger partial charge in [-0.25, -0.2) is 19.5 Å². The molecule has 0 bridgehead atoms. The largest absolute Gasteiger partial charge is 0.489 e. The number of rotatable bonds is 6. The van der Waals surface area contributed by atoms with Gasteiger partial charge in [-0.05, 0) is 67.9 Å². The molecule has 5 aromatic rings. The normalized spacial score (nSPS) is 15.2. The summed E-state index contributed by atoms with van der Waals surface area (Å²) in [6, 6.07) is 15.6. The highest BCUT2D eigenvalue weighted by molar-refractivity contribution is 5.91. The summed E-state index contributed by atoms with van der Waals surface area (Å²) >= 11 is 0. The number of pyridine rings is 1. The molecule has 9 nitrogen and oxygen atoms in total. The van der Waals surface area contributed by atoms with Crippen LogP contribution in [0.2, 0.25) is 0 Å². The number of benzene rings is 2. The van der Waals surface area contributed by atoms with Crippen LogP contribution in [0.1, 0.15) is 12.0 Å². The van der Waals surface area contributed by atoms with E-state index in [1.165, 1.54) is 6.33 Å². The minimum absolute atomic E-state index is 0. The Labute approximate surface area is 207 Å². The third kappa shape index (κ3) is 4.82. The van der Waals surface area contributed by atoms with Crippen molar-refractivity contribution in [1.29, 1.82) is 0 Å². The summed E-state index contributed by atoms with van der Waals surface area (Å²) in [6.45, 7) is 3.87. The Morgan fingerprint density at radius 2 is 1.94 bits per heavy atom. The van der Waals surface area contributed by atoms with Crippen LogP contribution >= 0.6 is 12.4 Å². The van der Waals surface area contributed by atoms with Crippen LogP contribution in [0, 0.1) is 6.92 Å². The zero-order valence-electron chi connectivity index (χ0n) is 19.0. The fraction of sp³-hybridized carbons (Fsp3) is 0.200. The first kappa shape index (κ1) is 22.8. The Bertz CT molecular complexity index is 1480. The predicted molar refractivity (Wildman–Crippen MR) is 136 cm³/mol. The van der Waals surface area contributed by atoms with Gasteiger partial charge in [-0.15, -0.1) is 12.4 Å². The smallest absolute Gasteiger partial charge is 0.158 e. The van der Waals surface area contributed by atoms with Crippen LogP contribution in [0.5, 0.6) is 17.2 Å². The lowest BCUT2D eigenvalue weighted by Crippen LogP contribution is -2.19. The molecule has 4 heterocycles. The number of anilines is 2. The fourth-order valence-electron chi connectivity index (χ4n) is 4.10. The second-order valence-corrected chi connectivity index (χ2v) is 8.27. The third-order valence-corrected chi connectivity index (χ3v) is 5.84. The maximum absolute atomic E-state index is 6.13. The van der Waals surface area contributed by atoms with E-state index in [2.05, 4.69) is 30.7 Å². The molecule has 1 fully saturated rings. The Hall–Kier alpha value is -3.95. The van der Waals surface area contributed by atoms with Crippen molar-refractivity contribution < 1.29 is 9.47 Å². The fourth-order valence-corrected chi connectivity index (χ4v) is 4.10. The molecule has 35 heavy (non-hydrogen) atoms. The number of nitrogens with one attached hydrogen (secondary N) is 2. The van der Waals surface area contributed by atoms with E-state index >= 15 is 0 Å². The third-order valence-electron chi connectivity index (χ3n) is 5.84. The monoisotopic (exact) mass is 489 g/mol. The van der Waals surface area contributed by atoms with E-state index < -0.39 is 0 Å². The summed E-state index contributed by atoms with van der Waals surface area (Å²) in [5.74, 6) is 3.02. The number of aryl methyl sites for hydroxylation is 1. The molecule has 0 amide bonds. The molecule has 2 aromatic carbocycles. The van der Waals surface area contributed by atoms with E-state index in [1.54, 1.807) is 10.8 Å². The van der Waals surface area contributed by atoms with Crippen LogP contribution in [0.25, 0.3) is 16.6 Å². The standard InChI is InChI=1S/C25H23N7O2.ClH/c1-16-10-17(2-5-23(16)34-19-7-9-32-24(12-19)28-15-30-32)31-25-21-11-18(33-20-6-8-26-13-20)3-4-22(21)27-14-29-25;/h2-5,7,9-12,14-15,20,26H,6,8,13H2,1H3,(H,27,29,31);1H/t20-;/m1./s1. The van der Waals surface area contributed by atoms with Crippen molar-refractivity contribution in [3.63, 3.8) is 0 Å². The van der Waals surface area contributed by atoms with Gasteiger partial charge < -0.3 is 20.1 Å². The summed E-state index contributed by atoms with van der Waals surface area (Å²) < 4.78 is 13.9. The highest BCUT2D eigenvalue weighted by Gasteiger charge is 2.16. The number of aromatic nitrogens is 5. The van der Waals surface area contributed by atoms with Gasteiger partial charge in [-0.2, -0.15) is 5.10 Å². The summed E-state index contributed by atoms with van der Waals surface area (Å²) in [6.07, 6.45) is 6.11. The van der Waals surface area contributed by atoms with Crippen LogP contribution in [0.4, 0.5) is 11.5 Å². The molecule has 6 rings (SSSR count). The van der Waals surface area contributed by atoms with E-state index in [0.29, 0.717) is 5.75 Å². The number of hydrogen-bond donors (Lipinski definition) is 2. The molecule has 1 aliphatic rings. The second-order valence-electron chi connectivity index (χ2n) is 8.27. The van der Waals surface area contributed by atoms with E-state index in [-0.39, 0.29) is 18.5 Å². The van der Waals surface area contributed by atoms with Crippen LogP contribution in [-0.2, 0) is 0 Å². The van der Waals surface area contributed by atoms with E-state index in [4.69, 9.17) is 9.47 Å². The predicted octanol–water partition coefficient (Wildman–Crippen LogP) is 4.68. The maximum atomic E-state index is 6.13. The molecule has 1 saturated heterocycles. The van der Waals surface area contributed by atoms with Crippen molar-refractivity contribution in [2.45, 2.75) is 19.4 Å². The first-order valence-corrected chi connectivity index (χ1v) is 11.2. The number of hydrogen-bond acceptors (Lipinski definition) is 8. The number of halogens is 1. The Balaban J connectivity index is 0.00000253. The Morgan fingerprint density at radius 1 is 1.00 bits per heavy atom. The highest BCUT2D eigenvalue weighted by Crippen LogP contribution is 2.31. The van der Waals surface area contributed by atoms with Crippen molar-refractivity contribution in [3.8, 4) is 17.2 Å². The van der Waals surface area contributed by atoms with Crippen LogP contribution in [-0.4, -0.2) is 43.8 Å². The summed E-state index contributed by atoms with van der Waals surface area (Å²) in [4.78, 5) is 13.1. The van der Waals surface area contributed by atoms with E-state index in [1.807, 2.05) is 61.7 Å². The van der Waals surface area contributed by atoms with Crippen LogP contribution in [0.15, 0.2) is 67.4 Å². The second kappa shape index (κ2) is 9.73. The molecule has 178 valence electrons. The molecule has 0 saturated carbocycles. The van der Waals surface area contributed by atoms with Gasteiger partial charge in [0.1, 0.15) is 41.8 Å². The van der Waals surface area contributed by atoms with Crippen LogP contribution in [0.3, 0.4) is 0 Å². The lowest BCUT2D eigenvalue weighted by Gasteiger charge is -2.15. The lowest BCUT2D eigenvalue weighted by molar-refractivity contribution is 0.223. The summed E-state index contributed by atoms with van der Waals surface area (Å²) in [7, 11) is 0. The average molecular weight is 490 g/mol. The molecule has 0 radical (unpaired) electrons. The van der Waals surface area contributed by atoms with Crippen molar-refractivity contribution in [1.82, 2.24) is 29.9 Å². The number of fused-ring (bicyclic) bond motifs is 2. The van der Waals surface area contributed by atoms with Crippen molar-refractivity contribution in [3.05, 3.63) is 72.9 Å². The summed E-state index contributed by atoms with van der Waals surface area (Å²) in [5, 5.41) is 11.8. The maximum Gasteiger partial charge on any atom is 0.158 e. The minimum Gasteiger partial charge on any atom is -0.489 e. The average Bonchev–Trinajstić information content (AvgIpc) is 3.53. The Morgan fingerprint density at radius 3 is 2.80 bits per heavy atom. The molecule has 0 unspecified atom stereocenters. The van der Waals surface area contributed by atoms with Gasteiger partial charge in [0.2, 0.25) is 0 Å². The molecular formula is C25H24ClN7O2. The van der Waals surface area contributed by atoms with Gasteiger partial charge in [-0.3, -0.25) is 0 Å². The molecule has 0 aliphatic carbocycles. The number of ether oxygens (including phenoxy) is 2. The Kier molecular flexibility index (Phi) is 6.35. The zero-order chi connectivity index (χ0) is 22.9. The van der Waals surface area contributed by atoms with Gasteiger partial charge >= 0.3 is 0 Å². The number of nitrogens with zero attached hydrogens (tertiary/aromatic N) is 5. The molecular weight excluding hydrogens is 466 g/mol. The van der Waals surface area contributed by atoms with Gasteiger partial charge in [0.05, 0.1) is 5.52 Å². The molecule has 1 aliphatic heterocycles. The first-order chi connectivity index (χ1) is 16.7. The van der Waals surface area contributed by atoms with Crippen molar-refractivity contribution >= 4 is 40.5 Å². The topological polar surface area (TPSA) is 98.5 Å². The van der Waals surface area contributed by atoms with Crippen LogP contribution < -0.4 is 20.1 Å². The van der Waals surface area contributed by atoms with E-state index in [0.717, 1.165) is 64.6 Å². The molecule has 10 heteroatoms. The summed E-state index contributed by atoms with van der Waals surface area (Å²) in [5.41, 5.74) is 3.48. The van der Waals surface area contributed by atoms with Gasteiger partial charge in [0, 0.05) is 29.9 Å². The van der Waals surface area contributed by atoms with Gasteiger partial charge in [0.25, 0.3) is 0 Å². The first-order valence-electron chi connectivity index (χ1n) is 11.2.